The second-order valence-electron chi connectivity index (χ2n) is 13.1. The molecule has 3 amide bonds. The lowest BCUT2D eigenvalue weighted by atomic mass is 9.88. The first-order valence-electron chi connectivity index (χ1n) is 16.4. The molecule has 0 heterocycles. The SMILES string of the molecule is CCCC[C@@H](C(=O)N[C@@H](CC(C)C)[C@@H](O)CC(CC(O)CO)C(=O)NCC(C)C)N(C(=O)[C@H](C)N)c1cccc2ccccc12.Cl. The Morgan fingerprint density at radius 3 is 2.13 bits per heavy atom. The number of hydrogen-bond acceptors (Lipinski definition) is 7. The number of aliphatic hydroxyl groups excluding tert-OH is 3. The van der Waals surface area contributed by atoms with Gasteiger partial charge in [-0.15, -0.1) is 12.4 Å². The van der Waals surface area contributed by atoms with E-state index in [0.29, 0.717) is 31.5 Å². The van der Waals surface area contributed by atoms with Crippen molar-refractivity contribution < 1.29 is 29.7 Å². The van der Waals surface area contributed by atoms with Crippen molar-refractivity contribution in [3.63, 3.8) is 0 Å². The zero-order chi connectivity index (χ0) is 33.7. The minimum absolute atomic E-state index is 0. The second kappa shape index (κ2) is 20.5. The van der Waals surface area contributed by atoms with Gasteiger partial charge in [0.25, 0.3) is 0 Å². The van der Waals surface area contributed by atoms with Gasteiger partial charge in [-0.25, -0.2) is 0 Å². The minimum atomic E-state index is -1.13. The van der Waals surface area contributed by atoms with E-state index >= 15 is 0 Å². The van der Waals surface area contributed by atoms with Gasteiger partial charge in [-0.05, 0) is 55.9 Å². The highest BCUT2D eigenvalue weighted by Crippen LogP contribution is 2.30. The molecule has 0 saturated carbocycles. The first-order chi connectivity index (χ1) is 21.3. The van der Waals surface area contributed by atoms with E-state index in [2.05, 4.69) is 10.6 Å². The highest BCUT2D eigenvalue weighted by Gasteiger charge is 2.36. The number of carbonyl (C=O) groups is 3. The average molecular weight is 665 g/mol. The molecule has 2 aromatic rings. The number of carbonyl (C=O) groups excluding carboxylic acids is 3. The van der Waals surface area contributed by atoms with Gasteiger partial charge in [0.1, 0.15) is 6.04 Å². The van der Waals surface area contributed by atoms with Crippen LogP contribution in [0.15, 0.2) is 42.5 Å². The number of benzene rings is 2. The van der Waals surface area contributed by atoms with Crippen LogP contribution in [0.3, 0.4) is 0 Å². The van der Waals surface area contributed by atoms with Crippen LogP contribution in [0.25, 0.3) is 10.8 Å². The number of aliphatic hydroxyl groups is 3. The first kappa shape index (κ1) is 41.3. The Balaban J connectivity index is 0.0000106. The molecule has 0 aliphatic heterocycles. The molecule has 260 valence electrons. The third-order valence-corrected chi connectivity index (χ3v) is 7.96. The monoisotopic (exact) mass is 664 g/mol. The summed E-state index contributed by atoms with van der Waals surface area (Å²) in [5, 5.41) is 38.8. The number of halogens is 1. The first-order valence-corrected chi connectivity index (χ1v) is 16.4. The fourth-order valence-electron chi connectivity index (χ4n) is 5.57. The number of nitrogens with zero attached hydrogens (tertiary/aromatic N) is 1. The summed E-state index contributed by atoms with van der Waals surface area (Å²) in [5.74, 6) is -1.60. The predicted molar refractivity (Wildman–Crippen MR) is 187 cm³/mol. The number of amides is 3. The molecule has 0 aliphatic rings. The van der Waals surface area contributed by atoms with E-state index in [1.54, 1.807) is 6.92 Å². The van der Waals surface area contributed by atoms with Gasteiger partial charge in [-0.3, -0.25) is 19.3 Å². The third-order valence-electron chi connectivity index (χ3n) is 7.96. The molecule has 0 radical (unpaired) electrons. The lowest BCUT2D eigenvalue weighted by Gasteiger charge is -2.35. The van der Waals surface area contributed by atoms with Crippen LogP contribution >= 0.6 is 12.4 Å². The van der Waals surface area contributed by atoms with Gasteiger partial charge in [0, 0.05) is 17.8 Å². The fraction of sp³-hybridized carbons (Fsp3) is 0.629. The molecular weight excluding hydrogens is 608 g/mol. The van der Waals surface area contributed by atoms with Crippen LogP contribution < -0.4 is 21.3 Å². The number of unbranched alkanes of at least 4 members (excludes halogenated alkanes) is 1. The van der Waals surface area contributed by atoms with Crippen molar-refractivity contribution in [1.29, 1.82) is 0 Å². The van der Waals surface area contributed by atoms with Crippen molar-refractivity contribution in [2.45, 2.75) is 110 Å². The Hall–Kier alpha value is -2.76. The van der Waals surface area contributed by atoms with E-state index in [1.807, 2.05) is 77.1 Å². The van der Waals surface area contributed by atoms with Crippen LogP contribution in [0.5, 0.6) is 0 Å². The van der Waals surface area contributed by atoms with Gasteiger partial charge >= 0.3 is 0 Å². The molecule has 7 N–H and O–H groups in total. The zero-order valence-corrected chi connectivity index (χ0v) is 29.1. The number of nitrogens with two attached hydrogens (primary N) is 1. The van der Waals surface area contributed by atoms with Gasteiger partial charge in [-0.2, -0.15) is 0 Å². The van der Waals surface area contributed by atoms with E-state index in [1.165, 1.54) is 4.90 Å². The molecule has 11 heteroatoms. The Morgan fingerprint density at radius 1 is 0.891 bits per heavy atom. The summed E-state index contributed by atoms with van der Waals surface area (Å²) in [4.78, 5) is 42.5. The lowest BCUT2D eigenvalue weighted by molar-refractivity contribution is -0.129. The van der Waals surface area contributed by atoms with Crippen molar-refractivity contribution in [3.8, 4) is 0 Å². The van der Waals surface area contributed by atoms with E-state index in [9.17, 15) is 29.7 Å². The average Bonchev–Trinajstić information content (AvgIpc) is 3.00. The summed E-state index contributed by atoms with van der Waals surface area (Å²) in [6.07, 6.45) is -0.0108. The summed E-state index contributed by atoms with van der Waals surface area (Å²) in [6.45, 7) is 11.4. The minimum Gasteiger partial charge on any atom is -0.394 e. The molecule has 2 unspecified atom stereocenters. The molecule has 46 heavy (non-hydrogen) atoms. The maximum atomic E-state index is 14.2. The summed E-state index contributed by atoms with van der Waals surface area (Å²) in [6, 6.07) is 10.8. The molecule has 2 rings (SSSR count). The molecule has 0 aromatic heterocycles. The third kappa shape index (κ3) is 12.4. The number of rotatable bonds is 19. The number of nitrogens with one attached hydrogen (secondary N) is 2. The molecular formula is C35H57ClN4O6. The number of anilines is 1. The van der Waals surface area contributed by atoms with Gasteiger partial charge < -0.3 is 31.7 Å². The fourth-order valence-corrected chi connectivity index (χ4v) is 5.57. The van der Waals surface area contributed by atoms with Gasteiger partial charge in [0.2, 0.25) is 17.7 Å². The maximum absolute atomic E-state index is 14.2. The van der Waals surface area contributed by atoms with Crippen molar-refractivity contribution in [3.05, 3.63) is 42.5 Å². The number of fused-ring (bicyclic) bond motifs is 1. The quantitative estimate of drug-likeness (QED) is 0.132. The Labute approximate surface area is 280 Å². The molecule has 10 nitrogen and oxygen atoms in total. The van der Waals surface area contributed by atoms with Crippen LogP contribution in [0.4, 0.5) is 5.69 Å². The number of hydrogen-bond donors (Lipinski definition) is 6. The molecule has 6 atom stereocenters. The van der Waals surface area contributed by atoms with Crippen molar-refractivity contribution in [2.24, 2.45) is 23.5 Å². The normalized spacial score (nSPS) is 15.4. The van der Waals surface area contributed by atoms with Crippen molar-refractivity contribution >= 4 is 46.6 Å². The molecule has 0 fully saturated rings. The van der Waals surface area contributed by atoms with E-state index < -0.39 is 48.8 Å². The van der Waals surface area contributed by atoms with Crippen LogP contribution in [0, 0.1) is 17.8 Å². The Kier molecular flexibility index (Phi) is 18.4. The summed E-state index contributed by atoms with van der Waals surface area (Å²) in [5.41, 5.74) is 6.73. The molecule has 2 aromatic carbocycles. The van der Waals surface area contributed by atoms with Gasteiger partial charge in [0.15, 0.2) is 0 Å². The standard InChI is InChI=1S/C35H56N4O6.ClH/c1-7-8-15-31(39(35(45)24(6)36)30-16-11-13-25-12-9-10-14-28(25)30)34(44)38-29(17-22(2)3)32(42)19-26(18-27(41)21-40)33(43)37-20-23(4)5;/h9-14,16,22-24,26-27,29,31-32,40-42H,7-8,15,17-21,36H2,1-6H3,(H,37,43)(H,38,44);1H/t24-,26?,27?,29-,31-,32-;/m0./s1. The predicted octanol–water partition coefficient (Wildman–Crippen LogP) is 3.91. The molecule has 0 spiro atoms. The van der Waals surface area contributed by atoms with E-state index in [0.717, 1.165) is 17.2 Å². The largest absolute Gasteiger partial charge is 0.394 e. The molecule has 0 bridgehead atoms. The lowest BCUT2D eigenvalue weighted by Crippen LogP contribution is -2.57. The highest BCUT2D eigenvalue weighted by molar-refractivity contribution is 6.09. The summed E-state index contributed by atoms with van der Waals surface area (Å²) in [7, 11) is 0. The maximum Gasteiger partial charge on any atom is 0.244 e. The Morgan fingerprint density at radius 2 is 1.54 bits per heavy atom. The van der Waals surface area contributed by atoms with Crippen molar-refractivity contribution in [1.82, 2.24) is 10.6 Å². The van der Waals surface area contributed by atoms with E-state index in [-0.39, 0.29) is 48.9 Å². The summed E-state index contributed by atoms with van der Waals surface area (Å²) < 4.78 is 0. The van der Waals surface area contributed by atoms with Gasteiger partial charge in [-0.1, -0.05) is 83.9 Å². The molecule has 0 saturated heterocycles. The topological polar surface area (TPSA) is 165 Å². The highest BCUT2D eigenvalue weighted by atomic mass is 35.5. The van der Waals surface area contributed by atoms with Crippen molar-refractivity contribution in [2.75, 3.05) is 18.1 Å². The smallest absolute Gasteiger partial charge is 0.244 e. The zero-order valence-electron chi connectivity index (χ0n) is 28.3. The van der Waals surface area contributed by atoms with Crippen LogP contribution in [-0.2, 0) is 14.4 Å². The van der Waals surface area contributed by atoms with Crippen LogP contribution in [0.2, 0.25) is 0 Å². The van der Waals surface area contributed by atoms with Crippen LogP contribution in [-0.4, -0.2) is 76.5 Å². The van der Waals surface area contributed by atoms with E-state index in [4.69, 9.17) is 5.73 Å². The van der Waals surface area contributed by atoms with Crippen LogP contribution in [0.1, 0.15) is 80.1 Å². The van der Waals surface area contributed by atoms with Gasteiger partial charge in [0.05, 0.1) is 36.6 Å². The second-order valence-corrected chi connectivity index (χ2v) is 13.1. The molecule has 0 aliphatic carbocycles. The Bertz CT molecular complexity index is 1220. The summed E-state index contributed by atoms with van der Waals surface area (Å²) >= 11 is 0.